The van der Waals surface area contributed by atoms with Crippen molar-refractivity contribution in [1.29, 1.82) is 0 Å². The minimum atomic E-state index is -4.12. The number of nitrogens with two attached hydrogens (primary N) is 1. The van der Waals surface area contributed by atoms with Crippen LogP contribution in [0.3, 0.4) is 0 Å². The average molecular weight is 628 g/mol. The summed E-state index contributed by atoms with van der Waals surface area (Å²) in [6.45, 7) is 2.32. The number of hydrogen-bond acceptors (Lipinski definition) is 10. The van der Waals surface area contributed by atoms with E-state index in [-0.39, 0.29) is 37.4 Å². The van der Waals surface area contributed by atoms with Gasteiger partial charge in [-0.2, -0.15) is 5.09 Å². The molecular weight excluding hydrogens is 592 g/mol. The second-order valence-electron chi connectivity index (χ2n) is 9.99. The summed E-state index contributed by atoms with van der Waals surface area (Å²) in [7, 11) is -6.27. The molecular formula is C25H35N5O10P2. The molecule has 0 spiro atoms. The van der Waals surface area contributed by atoms with E-state index in [1.54, 1.807) is 30.3 Å². The largest absolute Gasteiger partial charge is 0.468 e. The van der Waals surface area contributed by atoms with Gasteiger partial charge < -0.3 is 18.9 Å². The number of carbonyl (C=O) groups is 1. The van der Waals surface area contributed by atoms with Crippen molar-refractivity contribution >= 4 is 27.5 Å². The lowest BCUT2D eigenvalue weighted by Crippen LogP contribution is -2.35. The summed E-state index contributed by atoms with van der Waals surface area (Å²) in [4.78, 5) is 39.2. The van der Waals surface area contributed by atoms with Gasteiger partial charge in [0.15, 0.2) is 0 Å². The van der Waals surface area contributed by atoms with Gasteiger partial charge in [0, 0.05) is 31.2 Å². The molecule has 2 aromatic rings. The van der Waals surface area contributed by atoms with E-state index in [9.17, 15) is 28.6 Å². The summed E-state index contributed by atoms with van der Waals surface area (Å²) in [5.41, 5.74) is 4.50. The Morgan fingerprint density at radius 2 is 1.93 bits per heavy atom. The summed E-state index contributed by atoms with van der Waals surface area (Å²) in [6, 6.07) is 6.71. The second-order valence-corrected chi connectivity index (χ2v) is 13.6. The standard InChI is InChI=1S/C25H35N5O10P2/c1-17(24(33)37-2)28-42(36,40-21-8-4-3-5-9-21)39-16-19-13-20(14-22(19)31)30-15-18(23(32)27-25(30)34)7-6-12-38-41(26,35)29-10-11-29/h3-9,15,17,19-20,22,31H,10-14,16H2,1-2H3,(H2,26,35)(H,28,36)(H,27,32,34)/b7-6+/t17-,19?,20?,22-,41?,42?/m0/s1. The molecule has 230 valence electrons. The molecule has 4 unspecified atom stereocenters. The van der Waals surface area contributed by atoms with Crippen molar-refractivity contribution in [2.24, 2.45) is 11.4 Å². The third-order valence-corrected chi connectivity index (χ3v) is 10.2. The highest BCUT2D eigenvalue weighted by atomic mass is 31.2. The van der Waals surface area contributed by atoms with Crippen LogP contribution in [0, 0.1) is 5.92 Å². The van der Waals surface area contributed by atoms with Crippen molar-refractivity contribution in [3.63, 3.8) is 0 Å². The number of aliphatic hydroxyl groups excluding tert-OH is 1. The molecule has 0 radical (unpaired) electrons. The number of esters is 1. The Bertz CT molecular complexity index is 1490. The predicted octanol–water partition coefficient (Wildman–Crippen LogP) is 1.62. The number of aliphatic hydroxyl groups is 1. The first-order chi connectivity index (χ1) is 19.9. The summed E-state index contributed by atoms with van der Waals surface area (Å²) in [6.07, 6.45) is 3.75. The normalized spacial score (nSPS) is 24.1. The maximum atomic E-state index is 13.6. The zero-order chi connectivity index (χ0) is 30.5. The zero-order valence-electron chi connectivity index (χ0n) is 23.2. The van der Waals surface area contributed by atoms with Crippen LogP contribution in [0.4, 0.5) is 0 Å². The number of hydrogen-bond donors (Lipinski definition) is 4. The smallest absolute Gasteiger partial charge is 0.459 e. The number of benzene rings is 1. The van der Waals surface area contributed by atoms with Crippen LogP contribution in [-0.2, 0) is 27.7 Å². The van der Waals surface area contributed by atoms with Gasteiger partial charge in [0.1, 0.15) is 11.8 Å². The summed E-state index contributed by atoms with van der Waals surface area (Å²) >= 11 is 0. The molecule has 1 aliphatic heterocycles. The molecule has 17 heteroatoms. The van der Waals surface area contributed by atoms with Crippen LogP contribution in [0.5, 0.6) is 5.75 Å². The van der Waals surface area contributed by atoms with Gasteiger partial charge in [0.05, 0.1) is 32.0 Å². The Kier molecular flexibility index (Phi) is 10.4. The van der Waals surface area contributed by atoms with Gasteiger partial charge in [-0.3, -0.25) is 28.2 Å². The van der Waals surface area contributed by atoms with Crippen molar-refractivity contribution in [3.05, 3.63) is 69.0 Å². The van der Waals surface area contributed by atoms with E-state index in [0.29, 0.717) is 13.1 Å². The highest BCUT2D eigenvalue weighted by Crippen LogP contribution is 2.48. The molecule has 0 amide bonds. The fourth-order valence-corrected chi connectivity index (χ4v) is 7.13. The number of ether oxygens (including phenoxy) is 1. The maximum absolute atomic E-state index is 13.6. The number of nitrogens with one attached hydrogen (secondary N) is 2. The molecule has 1 aromatic carbocycles. The van der Waals surface area contributed by atoms with E-state index in [4.69, 9.17) is 23.8 Å². The molecule has 5 N–H and O–H groups in total. The highest BCUT2D eigenvalue weighted by molar-refractivity contribution is 7.54. The molecule has 1 aromatic heterocycles. The van der Waals surface area contributed by atoms with Crippen molar-refractivity contribution in [1.82, 2.24) is 19.3 Å². The lowest BCUT2D eigenvalue weighted by molar-refractivity contribution is -0.142. The van der Waals surface area contributed by atoms with Crippen LogP contribution >= 0.6 is 15.4 Å². The third-order valence-electron chi connectivity index (χ3n) is 6.83. The van der Waals surface area contributed by atoms with Crippen molar-refractivity contribution in [2.75, 3.05) is 33.4 Å². The van der Waals surface area contributed by atoms with E-state index < -0.39 is 56.7 Å². The molecule has 15 nitrogen and oxygen atoms in total. The van der Waals surface area contributed by atoms with Crippen LogP contribution in [-0.4, -0.2) is 70.9 Å². The Morgan fingerprint density at radius 3 is 2.60 bits per heavy atom. The van der Waals surface area contributed by atoms with Gasteiger partial charge >= 0.3 is 27.1 Å². The maximum Gasteiger partial charge on any atom is 0.459 e. The van der Waals surface area contributed by atoms with Crippen LogP contribution in [0.15, 0.2) is 52.2 Å². The van der Waals surface area contributed by atoms with E-state index in [2.05, 4.69) is 10.1 Å². The Balaban J connectivity index is 1.43. The summed E-state index contributed by atoms with van der Waals surface area (Å²) in [5.74, 6) is -0.997. The molecule has 2 aliphatic rings. The Morgan fingerprint density at radius 1 is 1.21 bits per heavy atom. The monoisotopic (exact) mass is 627 g/mol. The number of aromatic amines is 1. The number of para-hydroxylation sites is 1. The molecule has 2 heterocycles. The number of aromatic nitrogens is 2. The molecule has 6 atom stereocenters. The van der Waals surface area contributed by atoms with Crippen molar-refractivity contribution in [2.45, 2.75) is 38.0 Å². The van der Waals surface area contributed by atoms with Gasteiger partial charge in [0.2, 0.25) is 0 Å². The molecule has 1 saturated heterocycles. The molecule has 1 saturated carbocycles. The Labute approximate surface area is 241 Å². The number of rotatable bonds is 14. The molecule has 2 fully saturated rings. The minimum absolute atomic E-state index is 0.0991. The third kappa shape index (κ3) is 8.36. The minimum Gasteiger partial charge on any atom is -0.468 e. The molecule has 1 aliphatic carbocycles. The van der Waals surface area contributed by atoms with E-state index in [1.807, 2.05) is 0 Å². The lowest BCUT2D eigenvalue weighted by atomic mass is 10.1. The molecule has 0 bridgehead atoms. The van der Waals surface area contributed by atoms with Crippen LogP contribution in [0.2, 0.25) is 0 Å². The van der Waals surface area contributed by atoms with E-state index >= 15 is 0 Å². The number of H-pyrrole nitrogens is 1. The SMILES string of the molecule is COC(=O)[C@H](C)NP(=O)(OCC1CC(n2cc(/C=C/COP(N)(=O)N3CC3)c(=O)[nH]c2=O)C[C@@H]1O)Oc1ccccc1. The summed E-state index contributed by atoms with van der Waals surface area (Å²) in [5, 5.41) is 13.3. The van der Waals surface area contributed by atoms with E-state index in [0.717, 1.165) is 0 Å². The van der Waals surface area contributed by atoms with Gasteiger partial charge in [-0.25, -0.2) is 19.5 Å². The van der Waals surface area contributed by atoms with Crippen molar-refractivity contribution < 1.29 is 37.3 Å². The molecule has 42 heavy (non-hydrogen) atoms. The summed E-state index contributed by atoms with van der Waals surface area (Å²) < 4.78 is 49.7. The first-order valence-corrected chi connectivity index (χ1v) is 16.4. The zero-order valence-corrected chi connectivity index (χ0v) is 24.9. The van der Waals surface area contributed by atoms with E-state index in [1.165, 1.54) is 41.6 Å². The number of methoxy groups -OCH3 is 1. The van der Waals surface area contributed by atoms with Crippen LogP contribution in [0.1, 0.15) is 31.4 Å². The number of nitrogens with zero attached hydrogens (tertiary/aromatic N) is 2. The number of carbonyl (C=O) groups excluding carboxylic acids is 1. The quantitative estimate of drug-likeness (QED) is 0.134. The van der Waals surface area contributed by atoms with Gasteiger partial charge in [0.25, 0.3) is 5.56 Å². The highest BCUT2D eigenvalue weighted by Gasteiger charge is 2.39. The van der Waals surface area contributed by atoms with Crippen molar-refractivity contribution in [3.8, 4) is 5.75 Å². The van der Waals surface area contributed by atoms with Crippen LogP contribution < -0.4 is 26.4 Å². The predicted molar refractivity (Wildman–Crippen MR) is 153 cm³/mol. The first-order valence-electron chi connectivity index (χ1n) is 13.2. The average Bonchev–Trinajstić information content (AvgIpc) is 3.75. The van der Waals surface area contributed by atoms with Gasteiger partial charge in [-0.1, -0.05) is 24.3 Å². The van der Waals surface area contributed by atoms with Crippen LogP contribution in [0.25, 0.3) is 6.08 Å². The fraction of sp³-hybridized carbons (Fsp3) is 0.480. The van der Waals surface area contributed by atoms with Gasteiger partial charge in [-0.05, 0) is 38.0 Å². The molecule has 4 rings (SSSR count). The fourth-order valence-electron chi connectivity index (χ4n) is 4.47. The topological polar surface area (TPSA) is 204 Å². The second kappa shape index (κ2) is 13.6. The Hall–Kier alpha value is -2.87. The first kappa shape index (κ1) is 32.1. The lowest BCUT2D eigenvalue weighted by Gasteiger charge is -2.24. The van der Waals surface area contributed by atoms with Gasteiger partial charge in [-0.15, -0.1) is 0 Å².